The average molecular weight is 465 g/mol. The van der Waals surface area contributed by atoms with Gasteiger partial charge in [-0.1, -0.05) is 68.3 Å². The zero-order chi connectivity index (χ0) is 24.2. The van der Waals surface area contributed by atoms with Gasteiger partial charge in [0.2, 0.25) is 5.91 Å². The molecule has 2 aliphatic carbocycles. The second kappa shape index (κ2) is 10.3. The fourth-order valence-corrected chi connectivity index (χ4v) is 4.79. The number of carboxylic acid groups (broad SMARTS) is 1. The fraction of sp³-hybridized carbons (Fsp3) is 0.444. The number of alkyl carbamates (subject to hydrolysis) is 1. The van der Waals surface area contributed by atoms with Crippen LogP contribution in [0, 0.1) is 0 Å². The van der Waals surface area contributed by atoms with Gasteiger partial charge in [-0.2, -0.15) is 0 Å². The molecule has 34 heavy (non-hydrogen) atoms. The molecule has 2 aromatic carbocycles. The van der Waals surface area contributed by atoms with Crippen LogP contribution >= 0.6 is 0 Å². The van der Waals surface area contributed by atoms with Crippen molar-refractivity contribution in [2.24, 2.45) is 0 Å². The van der Waals surface area contributed by atoms with Crippen molar-refractivity contribution in [3.8, 4) is 11.1 Å². The first-order valence-corrected chi connectivity index (χ1v) is 12.1. The number of carbonyl (C=O) groups is 3. The van der Waals surface area contributed by atoms with Crippen LogP contribution in [-0.2, 0) is 14.3 Å². The Morgan fingerprint density at radius 3 is 2.18 bits per heavy atom. The highest BCUT2D eigenvalue weighted by Gasteiger charge is 2.41. The van der Waals surface area contributed by atoms with E-state index in [9.17, 15) is 19.5 Å². The highest BCUT2D eigenvalue weighted by Crippen LogP contribution is 2.44. The number of carboxylic acids is 1. The zero-order valence-corrected chi connectivity index (χ0v) is 19.7. The summed E-state index contributed by atoms with van der Waals surface area (Å²) in [4.78, 5) is 39.1. The van der Waals surface area contributed by atoms with E-state index in [1.807, 2.05) is 31.2 Å². The maximum atomic E-state index is 13.3. The van der Waals surface area contributed by atoms with Gasteiger partial charge in [0.1, 0.15) is 18.7 Å². The Labute approximate surface area is 200 Å². The van der Waals surface area contributed by atoms with Crippen molar-refractivity contribution < 1.29 is 24.2 Å². The van der Waals surface area contributed by atoms with Crippen LogP contribution in [0.1, 0.15) is 63.0 Å². The lowest BCUT2D eigenvalue weighted by Crippen LogP contribution is -2.54. The molecule has 0 saturated heterocycles. The zero-order valence-electron chi connectivity index (χ0n) is 19.7. The smallest absolute Gasteiger partial charge is 0.407 e. The van der Waals surface area contributed by atoms with Gasteiger partial charge in [-0.25, -0.2) is 9.59 Å². The number of aliphatic carboxylic acids is 1. The van der Waals surface area contributed by atoms with Gasteiger partial charge < -0.3 is 20.1 Å². The first-order valence-electron chi connectivity index (χ1n) is 12.1. The predicted molar refractivity (Wildman–Crippen MR) is 128 cm³/mol. The van der Waals surface area contributed by atoms with E-state index in [1.165, 1.54) is 11.8 Å². The summed E-state index contributed by atoms with van der Waals surface area (Å²) < 4.78 is 5.63. The maximum absolute atomic E-state index is 13.3. The van der Waals surface area contributed by atoms with Crippen molar-refractivity contribution in [2.45, 2.75) is 70.0 Å². The van der Waals surface area contributed by atoms with E-state index in [0.717, 1.165) is 47.9 Å². The van der Waals surface area contributed by atoms with Gasteiger partial charge in [0.15, 0.2) is 0 Å². The van der Waals surface area contributed by atoms with Gasteiger partial charge in [-0.05, 0) is 48.4 Å². The van der Waals surface area contributed by atoms with Crippen LogP contribution in [0.5, 0.6) is 0 Å². The molecule has 2 N–H and O–H groups in total. The third kappa shape index (κ3) is 4.93. The van der Waals surface area contributed by atoms with Crippen molar-refractivity contribution in [3.63, 3.8) is 0 Å². The number of benzene rings is 2. The predicted octanol–water partition coefficient (Wildman–Crippen LogP) is 4.55. The molecule has 4 rings (SSSR count). The minimum absolute atomic E-state index is 0.0714. The van der Waals surface area contributed by atoms with E-state index in [4.69, 9.17) is 4.74 Å². The molecule has 2 atom stereocenters. The van der Waals surface area contributed by atoms with Gasteiger partial charge in [0.05, 0.1) is 0 Å². The summed E-state index contributed by atoms with van der Waals surface area (Å²) in [6.07, 6.45) is 2.95. The Balaban J connectivity index is 1.45. The Kier molecular flexibility index (Phi) is 7.20. The molecule has 2 unspecified atom stereocenters. The lowest BCUT2D eigenvalue weighted by atomic mass is 9.98. The molecule has 0 aliphatic heterocycles. The molecule has 7 heteroatoms. The van der Waals surface area contributed by atoms with E-state index in [1.54, 1.807) is 0 Å². The summed E-state index contributed by atoms with van der Waals surface area (Å²) in [5.41, 5.74) is 4.52. The number of ether oxygens (including phenoxy) is 1. The quantitative estimate of drug-likeness (QED) is 0.538. The van der Waals surface area contributed by atoms with Crippen molar-refractivity contribution in [2.75, 3.05) is 6.61 Å². The highest BCUT2D eigenvalue weighted by atomic mass is 16.5. The second-order valence-corrected chi connectivity index (χ2v) is 9.16. The summed E-state index contributed by atoms with van der Waals surface area (Å²) in [5.74, 6) is -1.46. The van der Waals surface area contributed by atoms with Crippen LogP contribution in [0.15, 0.2) is 48.5 Å². The van der Waals surface area contributed by atoms with Crippen LogP contribution in [-0.4, -0.2) is 52.7 Å². The standard InChI is InChI=1S/C27H32N2O5/c1-3-4-13-24(25(30)29(18-14-15-18)17(2)26(31)32)28-27(33)34-16-23-21-11-7-5-9-19(21)20-10-6-8-12-22(20)23/h5-12,17-18,23-24H,3-4,13-16H2,1-2H3,(H,28,33)(H,31,32). The van der Waals surface area contributed by atoms with E-state index in [-0.39, 0.29) is 24.5 Å². The topological polar surface area (TPSA) is 95.9 Å². The molecule has 180 valence electrons. The number of nitrogens with one attached hydrogen (secondary N) is 1. The van der Waals surface area contributed by atoms with Crippen molar-refractivity contribution in [1.82, 2.24) is 10.2 Å². The van der Waals surface area contributed by atoms with Crippen molar-refractivity contribution in [3.05, 3.63) is 59.7 Å². The number of carbonyl (C=O) groups excluding carboxylic acids is 2. The molecule has 2 aliphatic rings. The van der Waals surface area contributed by atoms with E-state index >= 15 is 0 Å². The van der Waals surface area contributed by atoms with Crippen molar-refractivity contribution in [1.29, 1.82) is 0 Å². The Hall–Kier alpha value is -3.35. The first kappa shape index (κ1) is 23.8. The summed E-state index contributed by atoms with van der Waals surface area (Å²) in [6.45, 7) is 3.68. The van der Waals surface area contributed by atoms with Crippen LogP contribution in [0.2, 0.25) is 0 Å². The molecule has 2 amide bonds. The van der Waals surface area contributed by atoms with Gasteiger partial charge in [0.25, 0.3) is 0 Å². The van der Waals surface area contributed by atoms with E-state index in [0.29, 0.717) is 6.42 Å². The van der Waals surface area contributed by atoms with E-state index in [2.05, 4.69) is 29.6 Å². The van der Waals surface area contributed by atoms with Crippen LogP contribution < -0.4 is 5.32 Å². The van der Waals surface area contributed by atoms with Gasteiger partial charge in [-0.15, -0.1) is 0 Å². The molecule has 2 aromatic rings. The molecule has 0 radical (unpaired) electrons. The second-order valence-electron chi connectivity index (χ2n) is 9.16. The summed E-state index contributed by atoms with van der Waals surface area (Å²) in [6, 6.07) is 14.4. The Morgan fingerprint density at radius 1 is 1.06 bits per heavy atom. The number of rotatable bonds is 10. The highest BCUT2D eigenvalue weighted by molar-refractivity contribution is 5.89. The van der Waals surface area contributed by atoms with Crippen molar-refractivity contribution >= 4 is 18.0 Å². The van der Waals surface area contributed by atoms with Gasteiger partial charge in [0, 0.05) is 12.0 Å². The van der Waals surface area contributed by atoms with Crippen LogP contribution in [0.3, 0.4) is 0 Å². The third-order valence-electron chi connectivity index (χ3n) is 6.75. The summed E-state index contributed by atoms with van der Waals surface area (Å²) in [5, 5.41) is 12.2. The average Bonchev–Trinajstić information content (AvgIpc) is 3.62. The van der Waals surface area contributed by atoms with Gasteiger partial charge in [-0.3, -0.25) is 4.79 Å². The van der Waals surface area contributed by atoms with Gasteiger partial charge >= 0.3 is 12.1 Å². The molecule has 0 bridgehead atoms. The number of fused-ring (bicyclic) bond motifs is 3. The monoisotopic (exact) mass is 464 g/mol. The molecule has 0 spiro atoms. The molecule has 7 nitrogen and oxygen atoms in total. The minimum Gasteiger partial charge on any atom is -0.480 e. The number of amides is 2. The molecule has 1 fully saturated rings. The Bertz CT molecular complexity index is 1020. The van der Waals surface area contributed by atoms with Crippen LogP contribution in [0.25, 0.3) is 11.1 Å². The normalized spacial score (nSPS) is 16.2. The van der Waals surface area contributed by atoms with E-state index < -0.39 is 24.1 Å². The lowest BCUT2D eigenvalue weighted by Gasteiger charge is -2.30. The maximum Gasteiger partial charge on any atom is 0.407 e. The number of unbranched alkanes of at least 4 members (excludes halogenated alkanes) is 1. The lowest BCUT2D eigenvalue weighted by molar-refractivity contribution is -0.151. The van der Waals surface area contributed by atoms with Crippen LogP contribution in [0.4, 0.5) is 4.79 Å². The first-order chi connectivity index (χ1) is 16.4. The number of hydrogen-bond donors (Lipinski definition) is 2. The minimum atomic E-state index is -1.05. The fourth-order valence-electron chi connectivity index (χ4n) is 4.79. The molecular weight excluding hydrogens is 432 g/mol. The number of hydrogen-bond acceptors (Lipinski definition) is 4. The molecule has 0 aromatic heterocycles. The Morgan fingerprint density at radius 2 is 1.65 bits per heavy atom. The molecule has 0 heterocycles. The third-order valence-corrected chi connectivity index (χ3v) is 6.75. The largest absolute Gasteiger partial charge is 0.480 e. The summed E-state index contributed by atoms with van der Waals surface area (Å²) >= 11 is 0. The number of nitrogens with zero attached hydrogens (tertiary/aromatic N) is 1. The summed E-state index contributed by atoms with van der Waals surface area (Å²) in [7, 11) is 0. The molecule has 1 saturated carbocycles. The SMILES string of the molecule is CCCCC(NC(=O)OCC1c2ccccc2-c2ccccc21)C(=O)N(C1CC1)C(C)C(=O)O. The molecular formula is C27H32N2O5.